The average molecular weight is 430 g/mol. The molecule has 0 aliphatic heterocycles. The van der Waals surface area contributed by atoms with E-state index < -0.39 is 0 Å². The number of H-pyrrole nitrogens is 1. The number of hydrogen-bond donors (Lipinski definition) is 2. The number of fused-ring (bicyclic) bond motifs is 2. The highest BCUT2D eigenvalue weighted by molar-refractivity contribution is 6.01. The average Bonchev–Trinajstić information content (AvgIpc) is 3.11. The Hall–Kier alpha value is -2.85. The number of pyridine rings is 1. The molecule has 0 radical (unpaired) electrons. The van der Waals surface area contributed by atoms with E-state index in [2.05, 4.69) is 68.2 Å². The Kier molecular flexibility index (Phi) is 6.25. The Morgan fingerprint density at radius 2 is 1.81 bits per heavy atom. The number of unbranched alkanes of at least 4 members (excludes halogenated alkanes) is 1. The molecule has 4 heteroatoms. The van der Waals surface area contributed by atoms with Crippen LogP contribution < -0.4 is 10.5 Å². The second-order valence-electron chi connectivity index (χ2n) is 9.63. The fourth-order valence-electron chi connectivity index (χ4n) is 4.43. The van der Waals surface area contributed by atoms with Crippen LogP contribution in [0.4, 0.5) is 0 Å². The zero-order valence-corrected chi connectivity index (χ0v) is 20.0. The second kappa shape index (κ2) is 8.95. The number of ether oxygens (including phenoxy) is 1. The summed E-state index contributed by atoms with van der Waals surface area (Å²) in [5.74, 6) is 0.839. The maximum atomic E-state index is 5.90. The lowest BCUT2D eigenvalue weighted by Gasteiger charge is -2.19. The number of nitrogens with two attached hydrogens (primary N) is 1. The number of aryl methyl sites for hydroxylation is 2. The molecular weight excluding hydrogens is 394 g/mol. The summed E-state index contributed by atoms with van der Waals surface area (Å²) in [7, 11) is 0. The van der Waals surface area contributed by atoms with Crippen LogP contribution in [0.5, 0.6) is 5.75 Å². The summed E-state index contributed by atoms with van der Waals surface area (Å²) in [5.41, 5.74) is 14.1. The van der Waals surface area contributed by atoms with E-state index in [9.17, 15) is 0 Å². The summed E-state index contributed by atoms with van der Waals surface area (Å²) in [6, 6.07) is 15.3. The Morgan fingerprint density at radius 1 is 1.00 bits per heavy atom. The van der Waals surface area contributed by atoms with Crippen molar-refractivity contribution in [3.8, 4) is 17.0 Å². The minimum atomic E-state index is 0.105. The Morgan fingerprint density at radius 3 is 2.53 bits per heavy atom. The zero-order valence-electron chi connectivity index (χ0n) is 20.0. The van der Waals surface area contributed by atoms with Crippen LogP contribution >= 0.6 is 0 Å². The van der Waals surface area contributed by atoms with E-state index in [-0.39, 0.29) is 5.41 Å². The smallest absolute Gasteiger partial charge is 0.145 e. The standard InChI is InChI=1S/C28H35N3O/c1-6-32-25-15-13-21(22-12-10-18(2)30-27(22)25)26-20(9-7-8-16-29)23-17-19(28(3,4)5)11-14-24(23)31-26/h10-15,17,31H,6-9,16,29H2,1-5H3. The van der Waals surface area contributed by atoms with Gasteiger partial charge in [0.15, 0.2) is 0 Å². The molecular formula is C28H35N3O. The number of nitrogens with zero attached hydrogens (tertiary/aromatic N) is 1. The van der Waals surface area contributed by atoms with Crippen molar-refractivity contribution in [1.29, 1.82) is 0 Å². The monoisotopic (exact) mass is 429 g/mol. The van der Waals surface area contributed by atoms with Crippen molar-refractivity contribution >= 4 is 21.8 Å². The van der Waals surface area contributed by atoms with E-state index in [1.807, 2.05) is 13.8 Å². The van der Waals surface area contributed by atoms with Crippen LogP contribution in [0.2, 0.25) is 0 Å². The first kappa shape index (κ1) is 22.3. The summed E-state index contributed by atoms with van der Waals surface area (Å²) in [4.78, 5) is 8.57. The Balaban J connectivity index is 1.96. The van der Waals surface area contributed by atoms with Gasteiger partial charge < -0.3 is 15.5 Å². The number of nitrogens with one attached hydrogen (secondary N) is 1. The highest BCUT2D eigenvalue weighted by atomic mass is 16.5. The van der Waals surface area contributed by atoms with Crippen LogP contribution in [0, 0.1) is 6.92 Å². The molecule has 0 saturated heterocycles. The molecule has 0 spiro atoms. The number of aromatic nitrogens is 2. The number of rotatable bonds is 7. The molecule has 2 aromatic heterocycles. The molecule has 2 aromatic carbocycles. The molecule has 32 heavy (non-hydrogen) atoms. The lowest BCUT2D eigenvalue weighted by molar-refractivity contribution is 0.343. The van der Waals surface area contributed by atoms with Gasteiger partial charge in [0, 0.05) is 27.5 Å². The zero-order chi connectivity index (χ0) is 22.9. The molecule has 0 aliphatic carbocycles. The first-order valence-corrected chi connectivity index (χ1v) is 11.7. The molecule has 168 valence electrons. The number of benzene rings is 2. The SMILES string of the molecule is CCOc1ccc(-c2[nH]c3ccc(C(C)(C)C)cc3c2CCCCN)c2ccc(C)nc12. The molecule has 4 nitrogen and oxygen atoms in total. The predicted molar refractivity (Wildman–Crippen MR) is 136 cm³/mol. The van der Waals surface area contributed by atoms with Crippen molar-refractivity contribution in [1.82, 2.24) is 9.97 Å². The normalized spacial score (nSPS) is 12.1. The first-order chi connectivity index (χ1) is 15.3. The fourth-order valence-corrected chi connectivity index (χ4v) is 4.43. The van der Waals surface area contributed by atoms with E-state index in [4.69, 9.17) is 15.5 Å². The maximum Gasteiger partial charge on any atom is 0.145 e. The van der Waals surface area contributed by atoms with Crippen molar-refractivity contribution in [2.75, 3.05) is 13.2 Å². The van der Waals surface area contributed by atoms with Gasteiger partial charge >= 0.3 is 0 Å². The molecule has 3 N–H and O–H groups in total. The summed E-state index contributed by atoms with van der Waals surface area (Å²) < 4.78 is 5.90. The van der Waals surface area contributed by atoms with E-state index in [1.54, 1.807) is 0 Å². The lowest BCUT2D eigenvalue weighted by atomic mass is 9.86. The molecule has 0 aliphatic rings. The number of hydrogen-bond acceptors (Lipinski definition) is 3. The molecule has 0 saturated carbocycles. The maximum absolute atomic E-state index is 5.90. The highest BCUT2D eigenvalue weighted by Gasteiger charge is 2.20. The van der Waals surface area contributed by atoms with Gasteiger partial charge in [-0.05, 0) is 86.5 Å². The van der Waals surface area contributed by atoms with Gasteiger partial charge in [0.1, 0.15) is 11.3 Å². The van der Waals surface area contributed by atoms with Crippen molar-refractivity contribution in [2.45, 2.75) is 59.3 Å². The van der Waals surface area contributed by atoms with E-state index in [0.29, 0.717) is 6.61 Å². The van der Waals surface area contributed by atoms with E-state index >= 15 is 0 Å². The Bertz CT molecular complexity index is 1250. The van der Waals surface area contributed by atoms with Crippen LogP contribution in [-0.2, 0) is 11.8 Å². The molecule has 0 fully saturated rings. The van der Waals surface area contributed by atoms with Gasteiger partial charge in [0.25, 0.3) is 0 Å². The quantitative estimate of drug-likeness (QED) is 0.322. The molecule has 4 aromatic rings. The summed E-state index contributed by atoms with van der Waals surface area (Å²) >= 11 is 0. The van der Waals surface area contributed by atoms with Gasteiger partial charge in [-0.2, -0.15) is 0 Å². The van der Waals surface area contributed by atoms with Gasteiger partial charge in [-0.1, -0.05) is 32.9 Å². The number of aromatic amines is 1. The van der Waals surface area contributed by atoms with Gasteiger partial charge in [0.2, 0.25) is 0 Å². The molecule has 2 heterocycles. The van der Waals surface area contributed by atoms with Crippen molar-refractivity contribution in [3.05, 3.63) is 59.3 Å². The van der Waals surface area contributed by atoms with Crippen molar-refractivity contribution in [2.24, 2.45) is 5.73 Å². The summed E-state index contributed by atoms with van der Waals surface area (Å²) in [6.45, 7) is 12.2. The molecule has 0 bridgehead atoms. The lowest BCUT2D eigenvalue weighted by Crippen LogP contribution is -2.10. The Labute approximate surface area is 191 Å². The van der Waals surface area contributed by atoms with Crippen LogP contribution in [0.1, 0.15) is 57.4 Å². The molecule has 0 atom stereocenters. The minimum Gasteiger partial charge on any atom is -0.492 e. The second-order valence-corrected chi connectivity index (χ2v) is 9.63. The van der Waals surface area contributed by atoms with Gasteiger partial charge in [-0.3, -0.25) is 0 Å². The van der Waals surface area contributed by atoms with Gasteiger partial charge in [-0.25, -0.2) is 4.98 Å². The third-order valence-electron chi connectivity index (χ3n) is 6.18. The van der Waals surface area contributed by atoms with E-state index in [0.717, 1.165) is 48.2 Å². The van der Waals surface area contributed by atoms with Crippen LogP contribution in [0.3, 0.4) is 0 Å². The van der Waals surface area contributed by atoms with Crippen LogP contribution in [0.15, 0.2) is 42.5 Å². The van der Waals surface area contributed by atoms with Crippen molar-refractivity contribution < 1.29 is 4.74 Å². The molecule has 0 unspecified atom stereocenters. The largest absolute Gasteiger partial charge is 0.492 e. The third-order valence-corrected chi connectivity index (χ3v) is 6.18. The van der Waals surface area contributed by atoms with E-state index in [1.165, 1.54) is 33.3 Å². The fraction of sp³-hybridized carbons (Fsp3) is 0.393. The summed E-state index contributed by atoms with van der Waals surface area (Å²) in [6.07, 6.45) is 3.09. The topological polar surface area (TPSA) is 63.9 Å². The van der Waals surface area contributed by atoms with Gasteiger partial charge in [-0.15, -0.1) is 0 Å². The van der Waals surface area contributed by atoms with Crippen molar-refractivity contribution in [3.63, 3.8) is 0 Å². The third kappa shape index (κ3) is 4.24. The minimum absolute atomic E-state index is 0.105. The molecule has 0 amide bonds. The summed E-state index contributed by atoms with van der Waals surface area (Å²) in [5, 5.41) is 2.43. The van der Waals surface area contributed by atoms with Crippen LogP contribution in [-0.4, -0.2) is 23.1 Å². The first-order valence-electron chi connectivity index (χ1n) is 11.7. The predicted octanol–water partition coefficient (Wildman–Crippen LogP) is 6.67. The van der Waals surface area contributed by atoms with Gasteiger partial charge in [0.05, 0.1) is 12.3 Å². The van der Waals surface area contributed by atoms with Crippen LogP contribution in [0.25, 0.3) is 33.1 Å². The molecule has 4 rings (SSSR count). The highest BCUT2D eigenvalue weighted by Crippen LogP contribution is 2.39.